The molecule has 1 rings (SSSR count). The van der Waals surface area contributed by atoms with Gasteiger partial charge in [0.25, 0.3) is 0 Å². The van der Waals surface area contributed by atoms with Gasteiger partial charge in [0.15, 0.2) is 0 Å². The van der Waals surface area contributed by atoms with E-state index in [1.807, 2.05) is 6.08 Å². The van der Waals surface area contributed by atoms with E-state index in [1.165, 1.54) is 205 Å². The first kappa shape index (κ1) is 42.7. The molecule has 1 saturated heterocycles. The van der Waals surface area contributed by atoms with Crippen LogP contribution in [-0.2, 0) is 9.53 Å². The molecule has 2 nitrogen and oxygen atoms in total. The third-order valence-corrected chi connectivity index (χ3v) is 9.95. The van der Waals surface area contributed by atoms with Gasteiger partial charge < -0.3 is 4.74 Å². The zero-order valence-electron chi connectivity index (χ0n) is 31.3. The van der Waals surface area contributed by atoms with E-state index >= 15 is 0 Å². The fourth-order valence-electron chi connectivity index (χ4n) is 6.72. The van der Waals surface area contributed by atoms with E-state index in [0.717, 1.165) is 18.6 Å². The number of cyclic esters (lactones) is 1. The predicted molar refractivity (Wildman–Crippen MR) is 204 cm³/mol. The van der Waals surface area contributed by atoms with Crippen LogP contribution in [0, 0.1) is 5.92 Å². The van der Waals surface area contributed by atoms with Gasteiger partial charge in [-0.05, 0) is 31.8 Å². The number of esters is 1. The Morgan fingerprint density at radius 3 is 1.07 bits per heavy atom. The van der Waals surface area contributed by atoms with Gasteiger partial charge >= 0.3 is 5.97 Å². The summed E-state index contributed by atoms with van der Waals surface area (Å²) in [4.78, 5) is 11.9. The van der Waals surface area contributed by atoms with Crippen molar-refractivity contribution in [3.63, 3.8) is 0 Å². The van der Waals surface area contributed by atoms with Crippen LogP contribution in [0.15, 0.2) is 36.1 Å². The van der Waals surface area contributed by atoms with E-state index < -0.39 is 0 Å². The van der Waals surface area contributed by atoms with Crippen molar-refractivity contribution in [1.29, 1.82) is 0 Å². The smallest absolute Gasteiger partial charge is 0.325 e. The van der Waals surface area contributed by atoms with Crippen LogP contribution in [0.5, 0.6) is 0 Å². The van der Waals surface area contributed by atoms with Gasteiger partial charge in [-0.25, -0.2) is 0 Å². The van der Waals surface area contributed by atoms with E-state index in [-0.39, 0.29) is 11.9 Å². The number of unbranched alkanes of at least 4 members (excludes halogenated alkanes) is 32. The van der Waals surface area contributed by atoms with Crippen LogP contribution in [0.2, 0.25) is 0 Å². The topological polar surface area (TPSA) is 26.3 Å². The van der Waals surface area contributed by atoms with Crippen LogP contribution in [0.25, 0.3) is 0 Å². The van der Waals surface area contributed by atoms with E-state index in [2.05, 4.69) is 38.2 Å². The minimum atomic E-state index is -0.152. The Morgan fingerprint density at radius 1 is 0.435 bits per heavy atom. The average molecular weight is 641 g/mol. The first-order valence-electron chi connectivity index (χ1n) is 21.0. The fourth-order valence-corrected chi connectivity index (χ4v) is 6.72. The molecule has 1 fully saturated rings. The summed E-state index contributed by atoms with van der Waals surface area (Å²) in [6, 6.07) is 0. The molecule has 1 unspecified atom stereocenters. The summed E-state index contributed by atoms with van der Waals surface area (Å²) < 4.78 is 5.30. The highest BCUT2D eigenvalue weighted by molar-refractivity contribution is 5.85. The SMILES string of the molecule is CCCCCCCCCCCCCCCCCC/C=C/C=C1/OC(=O)C1/C=C/CCCCCCCCCCCCCCCCCC. The molecule has 2 heteroatoms. The number of hydrogen-bond acceptors (Lipinski definition) is 2. The van der Waals surface area contributed by atoms with Crippen molar-refractivity contribution in [2.75, 3.05) is 0 Å². The largest absolute Gasteiger partial charge is 0.429 e. The molecule has 268 valence electrons. The minimum Gasteiger partial charge on any atom is -0.429 e. The highest BCUT2D eigenvalue weighted by Crippen LogP contribution is 2.28. The summed E-state index contributed by atoms with van der Waals surface area (Å²) in [6.45, 7) is 4.59. The molecule has 0 bridgehead atoms. The fraction of sp³-hybridized carbons (Fsp3) is 0.841. The summed E-state index contributed by atoms with van der Waals surface area (Å²) in [6.07, 6.45) is 57.8. The molecule has 0 N–H and O–H groups in total. The summed E-state index contributed by atoms with van der Waals surface area (Å²) in [5, 5.41) is 0. The number of hydrogen-bond donors (Lipinski definition) is 0. The Hall–Kier alpha value is -1.31. The van der Waals surface area contributed by atoms with Crippen LogP contribution in [-0.4, -0.2) is 5.97 Å². The standard InChI is InChI=1S/C44H80O2/c1-3-5-7-9-11-13-15-17-19-21-23-25-27-29-31-33-35-37-39-41-43-42(44(45)46-43)40-38-36-34-32-30-28-26-24-22-20-18-16-14-12-10-8-6-4-2/h37-42H,3-36H2,1-2H3/b39-37+,40-38+,43-41+. The maximum absolute atomic E-state index is 11.9. The summed E-state index contributed by atoms with van der Waals surface area (Å²) in [5.41, 5.74) is 0. The molecule has 46 heavy (non-hydrogen) atoms. The van der Waals surface area contributed by atoms with Crippen molar-refractivity contribution in [2.45, 2.75) is 232 Å². The van der Waals surface area contributed by atoms with Gasteiger partial charge in [0.1, 0.15) is 11.7 Å². The van der Waals surface area contributed by atoms with Crippen molar-refractivity contribution in [3.05, 3.63) is 36.1 Å². The maximum Gasteiger partial charge on any atom is 0.325 e. The Morgan fingerprint density at radius 2 is 0.739 bits per heavy atom. The number of carbonyl (C=O) groups excluding carboxylic acids is 1. The molecule has 1 heterocycles. The Balaban J connectivity index is 1.87. The first-order valence-corrected chi connectivity index (χ1v) is 21.0. The molecule has 0 spiro atoms. The molecule has 0 aromatic carbocycles. The monoisotopic (exact) mass is 641 g/mol. The van der Waals surface area contributed by atoms with Crippen molar-refractivity contribution >= 4 is 5.97 Å². The molecule has 0 aliphatic carbocycles. The Bertz CT molecular complexity index is 732. The summed E-state index contributed by atoms with van der Waals surface area (Å²) in [7, 11) is 0. The lowest BCUT2D eigenvalue weighted by atomic mass is 10.00. The Kier molecular flexibility index (Phi) is 32.5. The van der Waals surface area contributed by atoms with Crippen molar-refractivity contribution < 1.29 is 9.53 Å². The highest BCUT2D eigenvalue weighted by atomic mass is 16.6. The van der Waals surface area contributed by atoms with Gasteiger partial charge in [0, 0.05) is 0 Å². The molecule has 0 aromatic heterocycles. The van der Waals surface area contributed by atoms with Crippen molar-refractivity contribution in [1.82, 2.24) is 0 Å². The molecule has 0 saturated carbocycles. The average Bonchev–Trinajstić information content (AvgIpc) is 3.06. The third-order valence-electron chi connectivity index (χ3n) is 9.95. The molecule has 0 radical (unpaired) electrons. The highest BCUT2D eigenvalue weighted by Gasteiger charge is 2.34. The lowest BCUT2D eigenvalue weighted by molar-refractivity contribution is -0.154. The van der Waals surface area contributed by atoms with E-state index in [4.69, 9.17) is 4.74 Å². The van der Waals surface area contributed by atoms with Crippen molar-refractivity contribution in [3.8, 4) is 0 Å². The lowest BCUT2D eigenvalue weighted by Crippen LogP contribution is -2.30. The van der Waals surface area contributed by atoms with E-state index in [0.29, 0.717) is 0 Å². The molecule has 0 aromatic rings. The Labute approximate surface area is 289 Å². The van der Waals surface area contributed by atoms with Gasteiger partial charge in [-0.1, -0.05) is 231 Å². The lowest BCUT2D eigenvalue weighted by Gasteiger charge is -2.24. The van der Waals surface area contributed by atoms with Crippen LogP contribution in [0.4, 0.5) is 0 Å². The zero-order chi connectivity index (χ0) is 33.0. The number of rotatable bonds is 36. The summed E-state index contributed by atoms with van der Waals surface area (Å²) >= 11 is 0. The first-order chi connectivity index (χ1) is 22.8. The number of allylic oxidation sites excluding steroid dienone is 4. The molecule has 1 aliphatic heterocycles. The van der Waals surface area contributed by atoms with Gasteiger partial charge in [-0.2, -0.15) is 0 Å². The molecule has 0 amide bonds. The van der Waals surface area contributed by atoms with Gasteiger partial charge in [-0.3, -0.25) is 4.79 Å². The molecule has 1 aliphatic rings. The van der Waals surface area contributed by atoms with Crippen molar-refractivity contribution in [2.24, 2.45) is 5.92 Å². The quantitative estimate of drug-likeness (QED) is 0.0387. The maximum atomic E-state index is 11.9. The normalized spacial score (nSPS) is 15.8. The van der Waals surface area contributed by atoms with Gasteiger partial charge in [0.05, 0.1) is 0 Å². The minimum absolute atomic E-state index is 0.0966. The van der Waals surface area contributed by atoms with Crippen LogP contribution >= 0.6 is 0 Å². The zero-order valence-corrected chi connectivity index (χ0v) is 31.3. The van der Waals surface area contributed by atoms with E-state index in [9.17, 15) is 4.79 Å². The number of ether oxygens (including phenoxy) is 1. The molecule has 1 atom stereocenters. The van der Waals surface area contributed by atoms with Crippen LogP contribution in [0.1, 0.15) is 232 Å². The van der Waals surface area contributed by atoms with Gasteiger partial charge in [0.2, 0.25) is 0 Å². The second-order valence-electron chi connectivity index (χ2n) is 14.5. The van der Waals surface area contributed by atoms with Crippen LogP contribution < -0.4 is 0 Å². The predicted octanol–water partition coefficient (Wildman–Crippen LogP) is 15.5. The number of carbonyl (C=O) groups is 1. The van der Waals surface area contributed by atoms with E-state index in [1.54, 1.807) is 0 Å². The second kappa shape index (κ2) is 35.0. The second-order valence-corrected chi connectivity index (χ2v) is 14.5. The van der Waals surface area contributed by atoms with Gasteiger partial charge in [-0.15, -0.1) is 0 Å². The molecular formula is C44H80O2. The third kappa shape index (κ3) is 27.8. The molecular weight excluding hydrogens is 560 g/mol. The summed E-state index contributed by atoms with van der Waals surface area (Å²) in [5.74, 6) is 0.568. The van der Waals surface area contributed by atoms with Crippen LogP contribution in [0.3, 0.4) is 0 Å².